The minimum Gasteiger partial charge on any atom is -0.365 e. The van der Waals surface area contributed by atoms with Crippen molar-refractivity contribution in [2.45, 2.75) is 44.1 Å². The fourth-order valence-electron chi connectivity index (χ4n) is 1.69. The van der Waals surface area contributed by atoms with Crippen LogP contribution in [-0.2, 0) is 4.79 Å². The molecule has 0 aliphatic heterocycles. The summed E-state index contributed by atoms with van der Waals surface area (Å²) >= 11 is 0. The molecule has 5 N–H and O–H groups in total. The smallest absolute Gasteiger partial charge is 0.244 e. The van der Waals surface area contributed by atoms with E-state index in [9.17, 15) is 4.79 Å². The van der Waals surface area contributed by atoms with Gasteiger partial charge in [-0.1, -0.05) is 0 Å². The van der Waals surface area contributed by atoms with E-state index in [1.165, 1.54) is 0 Å². The second-order valence-corrected chi connectivity index (χ2v) is 3.89. The lowest BCUT2D eigenvalue weighted by molar-refractivity contribution is -0.117. The standard InChI is InChI=1S/C10H18N2O3/c11-7-1-3-8(4-2-7)12-9(13)5-6-10(14)15/h5-8,10,14-15H,1-4,11H2,(H,12,13)/b6-5-. The van der Waals surface area contributed by atoms with Gasteiger partial charge in [0.05, 0.1) is 0 Å². The van der Waals surface area contributed by atoms with Gasteiger partial charge in [0.2, 0.25) is 5.91 Å². The van der Waals surface area contributed by atoms with Gasteiger partial charge in [-0.25, -0.2) is 0 Å². The van der Waals surface area contributed by atoms with Gasteiger partial charge in [0.15, 0.2) is 6.29 Å². The Morgan fingerprint density at radius 3 is 2.47 bits per heavy atom. The monoisotopic (exact) mass is 214 g/mol. The molecule has 0 radical (unpaired) electrons. The highest BCUT2D eigenvalue weighted by atomic mass is 16.5. The topological polar surface area (TPSA) is 95.6 Å². The van der Waals surface area contributed by atoms with E-state index >= 15 is 0 Å². The third kappa shape index (κ3) is 4.92. The molecule has 0 saturated heterocycles. The normalized spacial score (nSPS) is 27.2. The first kappa shape index (κ1) is 12.2. The number of nitrogens with two attached hydrogens (primary N) is 1. The Hall–Kier alpha value is -0.910. The van der Waals surface area contributed by atoms with E-state index in [0.717, 1.165) is 37.8 Å². The molecule has 0 heterocycles. The maximum Gasteiger partial charge on any atom is 0.244 e. The average molecular weight is 214 g/mol. The molecule has 0 aromatic carbocycles. The van der Waals surface area contributed by atoms with Gasteiger partial charge in [-0.15, -0.1) is 0 Å². The highest BCUT2D eigenvalue weighted by Gasteiger charge is 2.18. The van der Waals surface area contributed by atoms with E-state index in [2.05, 4.69) is 5.32 Å². The predicted molar refractivity (Wildman–Crippen MR) is 55.7 cm³/mol. The van der Waals surface area contributed by atoms with Crippen LogP contribution in [0.1, 0.15) is 25.7 Å². The van der Waals surface area contributed by atoms with E-state index < -0.39 is 6.29 Å². The predicted octanol–water partition coefficient (Wildman–Crippen LogP) is -0.761. The molecule has 1 aliphatic carbocycles. The van der Waals surface area contributed by atoms with Crippen LogP contribution in [0.25, 0.3) is 0 Å². The number of aliphatic hydroxyl groups excluding tert-OH is 1. The molecule has 0 aromatic heterocycles. The van der Waals surface area contributed by atoms with Crippen molar-refractivity contribution in [1.82, 2.24) is 5.32 Å². The maximum absolute atomic E-state index is 11.2. The lowest BCUT2D eigenvalue weighted by atomic mass is 9.92. The summed E-state index contributed by atoms with van der Waals surface area (Å²) in [5.74, 6) is -0.288. The van der Waals surface area contributed by atoms with Gasteiger partial charge in [-0.2, -0.15) is 0 Å². The Kier molecular flexibility index (Phi) is 4.74. The molecule has 0 atom stereocenters. The van der Waals surface area contributed by atoms with Gasteiger partial charge < -0.3 is 21.3 Å². The molecule has 0 bridgehead atoms. The zero-order valence-corrected chi connectivity index (χ0v) is 8.60. The van der Waals surface area contributed by atoms with Crippen LogP contribution in [0, 0.1) is 0 Å². The van der Waals surface area contributed by atoms with Crippen LogP contribution in [0.15, 0.2) is 12.2 Å². The zero-order valence-electron chi connectivity index (χ0n) is 8.60. The Morgan fingerprint density at radius 2 is 1.93 bits per heavy atom. The van der Waals surface area contributed by atoms with Gasteiger partial charge in [0.25, 0.3) is 0 Å². The molecule has 5 heteroatoms. The van der Waals surface area contributed by atoms with Crippen molar-refractivity contribution >= 4 is 5.91 Å². The van der Waals surface area contributed by atoms with E-state index in [1.54, 1.807) is 0 Å². The fraction of sp³-hybridized carbons (Fsp3) is 0.700. The zero-order chi connectivity index (χ0) is 11.3. The van der Waals surface area contributed by atoms with Crippen LogP contribution in [0.2, 0.25) is 0 Å². The van der Waals surface area contributed by atoms with Crippen LogP contribution in [0.5, 0.6) is 0 Å². The van der Waals surface area contributed by atoms with Gasteiger partial charge in [0, 0.05) is 18.2 Å². The van der Waals surface area contributed by atoms with E-state index in [4.69, 9.17) is 15.9 Å². The molecule has 5 nitrogen and oxygen atoms in total. The lowest BCUT2D eigenvalue weighted by Crippen LogP contribution is -2.39. The second-order valence-electron chi connectivity index (χ2n) is 3.89. The molecule has 1 rings (SSSR count). The quantitative estimate of drug-likeness (QED) is 0.367. The summed E-state index contributed by atoms with van der Waals surface area (Å²) in [6.07, 6.45) is 4.23. The maximum atomic E-state index is 11.2. The largest absolute Gasteiger partial charge is 0.365 e. The number of hydrogen-bond donors (Lipinski definition) is 4. The molecule has 1 amide bonds. The van der Waals surface area contributed by atoms with Crippen LogP contribution in [-0.4, -0.2) is 34.5 Å². The molecule has 1 saturated carbocycles. The van der Waals surface area contributed by atoms with Crippen molar-refractivity contribution in [3.63, 3.8) is 0 Å². The highest BCUT2D eigenvalue weighted by Crippen LogP contribution is 2.16. The van der Waals surface area contributed by atoms with Crippen molar-refractivity contribution in [1.29, 1.82) is 0 Å². The molecule has 1 aliphatic rings. The van der Waals surface area contributed by atoms with Crippen LogP contribution < -0.4 is 11.1 Å². The van der Waals surface area contributed by atoms with Gasteiger partial charge >= 0.3 is 0 Å². The van der Waals surface area contributed by atoms with E-state index in [0.29, 0.717) is 0 Å². The molecule has 0 unspecified atom stereocenters. The number of carbonyl (C=O) groups excluding carboxylic acids is 1. The van der Waals surface area contributed by atoms with Gasteiger partial charge in [-0.05, 0) is 31.8 Å². The van der Waals surface area contributed by atoms with Crippen molar-refractivity contribution in [2.24, 2.45) is 5.73 Å². The van der Waals surface area contributed by atoms with Gasteiger partial charge in [0.1, 0.15) is 0 Å². The molecule has 86 valence electrons. The number of hydrogen-bond acceptors (Lipinski definition) is 4. The summed E-state index contributed by atoms with van der Waals surface area (Å²) in [5, 5.41) is 19.8. The van der Waals surface area contributed by atoms with Crippen molar-refractivity contribution in [2.75, 3.05) is 0 Å². The molecule has 1 fully saturated rings. The third-order valence-corrected chi connectivity index (χ3v) is 2.54. The van der Waals surface area contributed by atoms with Crippen LogP contribution in [0.3, 0.4) is 0 Å². The van der Waals surface area contributed by atoms with E-state index in [1.807, 2.05) is 0 Å². The lowest BCUT2D eigenvalue weighted by Gasteiger charge is -2.26. The number of carbonyl (C=O) groups is 1. The molecule has 15 heavy (non-hydrogen) atoms. The first-order chi connectivity index (χ1) is 7.08. The summed E-state index contributed by atoms with van der Waals surface area (Å²) in [7, 11) is 0. The number of rotatable bonds is 3. The molecule has 0 spiro atoms. The molecule has 0 aromatic rings. The molecular weight excluding hydrogens is 196 g/mol. The van der Waals surface area contributed by atoms with Crippen LogP contribution >= 0.6 is 0 Å². The van der Waals surface area contributed by atoms with Crippen molar-refractivity contribution in [3.05, 3.63) is 12.2 Å². The fourth-order valence-corrected chi connectivity index (χ4v) is 1.69. The SMILES string of the molecule is NC1CCC(NC(=O)/C=C\C(O)O)CC1. The highest BCUT2D eigenvalue weighted by molar-refractivity contribution is 5.87. The third-order valence-electron chi connectivity index (χ3n) is 2.54. The summed E-state index contributed by atoms with van der Waals surface area (Å²) in [6.45, 7) is 0. The number of nitrogens with one attached hydrogen (secondary N) is 1. The van der Waals surface area contributed by atoms with Crippen molar-refractivity contribution in [3.8, 4) is 0 Å². The second kappa shape index (κ2) is 5.85. The van der Waals surface area contributed by atoms with Crippen LogP contribution in [0.4, 0.5) is 0 Å². The number of amides is 1. The minimum absolute atomic E-state index is 0.165. The van der Waals surface area contributed by atoms with E-state index in [-0.39, 0.29) is 18.0 Å². The summed E-state index contributed by atoms with van der Waals surface area (Å²) < 4.78 is 0. The summed E-state index contributed by atoms with van der Waals surface area (Å²) in [5.41, 5.74) is 5.73. The Balaban J connectivity index is 2.26. The Morgan fingerprint density at radius 1 is 1.33 bits per heavy atom. The average Bonchev–Trinajstić information content (AvgIpc) is 2.19. The summed E-state index contributed by atoms with van der Waals surface area (Å²) in [6, 6.07) is 0.422. The first-order valence-electron chi connectivity index (χ1n) is 5.18. The van der Waals surface area contributed by atoms with Gasteiger partial charge in [-0.3, -0.25) is 4.79 Å². The minimum atomic E-state index is -1.57. The Labute approximate surface area is 89.0 Å². The number of aliphatic hydroxyl groups is 2. The summed E-state index contributed by atoms with van der Waals surface area (Å²) in [4.78, 5) is 11.2. The van der Waals surface area contributed by atoms with Crippen molar-refractivity contribution < 1.29 is 15.0 Å². The first-order valence-corrected chi connectivity index (χ1v) is 5.18. The Bertz CT molecular complexity index is 233. The molecular formula is C10H18N2O3.